The fourth-order valence-electron chi connectivity index (χ4n) is 2.80. The minimum atomic E-state index is -3.36. The SMILES string of the molecule is O=C(CCS(=O)(=O)N1CCCC1)Nc1ccccc1Oc1ccccc1. The fraction of sp³-hybridized carbons (Fsp3) is 0.316. The van der Waals surface area contributed by atoms with Crippen molar-refractivity contribution in [1.82, 2.24) is 4.31 Å². The van der Waals surface area contributed by atoms with Crippen LogP contribution in [0.4, 0.5) is 5.69 Å². The lowest BCUT2D eigenvalue weighted by Crippen LogP contribution is -2.31. The van der Waals surface area contributed by atoms with E-state index in [4.69, 9.17) is 4.74 Å². The molecule has 7 heteroatoms. The van der Waals surface area contributed by atoms with Crippen LogP contribution in [0, 0.1) is 0 Å². The standard InChI is InChI=1S/C19H22N2O4S/c22-19(12-15-26(23,24)21-13-6-7-14-21)20-17-10-4-5-11-18(17)25-16-8-2-1-3-9-16/h1-5,8-11H,6-7,12-15H2,(H,20,22). The molecule has 3 rings (SSSR count). The maximum absolute atomic E-state index is 12.2. The van der Waals surface area contributed by atoms with E-state index in [0.717, 1.165) is 12.8 Å². The lowest BCUT2D eigenvalue weighted by Gasteiger charge is -2.15. The van der Waals surface area contributed by atoms with Crippen LogP contribution in [0.25, 0.3) is 0 Å². The van der Waals surface area contributed by atoms with Crippen molar-refractivity contribution >= 4 is 21.6 Å². The van der Waals surface area contributed by atoms with Crippen LogP contribution in [0.2, 0.25) is 0 Å². The van der Waals surface area contributed by atoms with Gasteiger partial charge in [-0.05, 0) is 37.1 Å². The van der Waals surface area contributed by atoms with Gasteiger partial charge in [0, 0.05) is 19.5 Å². The molecule has 0 atom stereocenters. The van der Waals surface area contributed by atoms with E-state index in [0.29, 0.717) is 30.3 Å². The Bertz CT molecular complexity index is 847. The normalized spacial score (nSPS) is 14.9. The summed E-state index contributed by atoms with van der Waals surface area (Å²) >= 11 is 0. The molecule has 0 spiro atoms. The van der Waals surface area contributed by atoms with Crippen LogP contribution in [0.15, 0.2) is 54.6 Å². The number of amides is 1. The number of sulfonamides is 1. The average Bonchev–Trinajstić information content (AvgIpc) is 3.18. The Balaban J connectivity index is 1.61. The van der Waals surface area contributed by atoms with Gasteiger partial charge in [0.25, 0.3) is 0 Å². The third-order valence-corrected chi connectivity index (χ3v) is 6.05. The van der Waals surface area contributed by atoms with E-state index in [1.165, 1.54) is 4.31 Å². The van der Waals surface area contributed by atoms with Crippen molar-refractivity contribution in [3.05, 3.63) is 54.6 Å². The summed E-state index contributed by atoms with van der Waals surface area (Å²) in [6.07, 6.45) is 1.68. The van der Waals surface area contributed by atoms with Gasteiger partial charge in [0.15, 0.2) is 5.75 Å². The molecule has 0 saturated carbocycles. The molecular weight excluding hydrogens is 352 g/mol. The van der Waals surface area contributed by atoms with Gasteiger partial charge in [-0.2, -0.15) is 0 Å². The zero-order chi connectivity index (χ0) is 18.4. The largest absolute Gasteiger partial charge is 0.455 e. The molecule has 2 aromatic carbocycles. The van der Waals surface area contributed by atoms with Gasteiger partial charge in [-0.15, -0.1) is 0 Å². The summed E-state index contributed by atoms with van der Waals surface area (Å²) in [5.74, 6) is 0.637. The number of nitrogens with one attached hydrogen (secondary N) is 1. The van der Waals surface area contributed by atoms with E-state index in [2.05, 4.69) is 5.32 Å². The minimum absolute atomic E-state index is 0.0848. The lowest BCUT2D eigenvalue weighted by molar-refractivity contribution is -0.115. The van der Waals surface area contributed by atoms with Crippen molar-refractivity contribution in [1.29, 1.82) is 0 Å². The zero-order valence-electron chi connectivity index (χ0n) is 14.4. The van der Waals surface area contributed by atoms with E-state index >= 15 is 0 Å². The molecule has 26 heavy (non-hydrogen) atoms. The second-order valence-corrected chi connectivity index (χ2v) is 8.22. The van der Waals surface area contributed by atoms with Gasteiger partial charge in [0.05, 0.1) is 11.4 Å². The second-order valence-electron chi connectivity index (χ2n) is 6.13. The van der Waals surface area contributed by atoms with E-state index in [-0.39, 0.29) is 18.1 Å². The zero-order valence-corrected chi connectivity index (χ0v) is 15.2. The van der Waals surface area contributed by atoms with E-state index in [1.54, 1.807) is 18.2 Å². The van der Waals surface area contributed by atoms with Crippen LogP contribution in [0.3, 0.4) is 0 Å². The first-order valence-electron chi connectivity index (χ1n) is 8.64. The van der Waals surface area contributed by atoms with Gasteiger partial charge < -0.3 is 10.1 Å². The van der Waals surface area contributed by atoms with Gasteiger partial charge >= 0.3 is 0 Å². The molecule has 1 amide bonds. The highest BCUT2D eigenvalue weighted by Crippen LogP contribution is 2.29. The Labute approximate surface area is 153 Å². The number of hydrogen-bond donors (Lipinski definition) is 1. The number of nitrogens with zero attached hydrogens (tertiary/aromatic N) is 1. The van der Waals surface area contributed by atoms with Crippen LogP contribution in [0.1, 0.15) is 19.3 Å². The van der Waals surface area contributed by atoms with Gasteiger partial charge in [0.1, 0.15) is 5.75 Å². The van der Waals surface area contributed by atoms with Crippen LogP contribution in [-0.4, -0.2) is 37.5 Å². The molecule has 1 N–H and O–H groups in total. The molecular formula is C19H22N2O4S. The Hall–Kier alpha value is -2.38. The number of rotatable bonds is 7. The molecule has 0 radical (unpaired) electrons. The maximum Gasteiger partial charge on any atom is 0.225 e. The molecule has 1 aliphatic heterocycles. The smallest absolute Gasteiger partial charge is 0.225 e. The highest BCUT2D eigenvalue weighted by molar-refractivity contribution is 7.89. The first-order valence-corrected chi connectivity index (χ1v) is 10.3. The van der Waals surface area contributed by atoms with Crippen molar-refractivity contribution < 1.29 is 17.9 Å². The number of ether oxygens (including phenoxy) is 1. The van der Waals surface area contributed by atoms with Crippen LogP contribution in [0.5, 0.6) is 11.5 Å². The molecule has 1 saturated heterocycles. The summed E-state index contributed by atoms with van der Waals surface area (Å²) < 4.78 is 31.7. The predicted molar refractivity (Wildman–Crippen MR) is 101 cm³/mol. The maximum atomic E-state index is 12.2. The molecule has 0 aromatic heterocycles. The van der Waals surface area contributed by atoms with Crippen molar-refractivity contribution in [2.75, 3.05) is 24.2 Å². The molecule has 0 aliphatic carbocycles. The minimum Gasteiger partial charge on any atom is -0.455 e. The summed E-state index contributed by atoms with van der Waals surface area (Å²) in [7, 11) is -3.36. The second kappa shape index (κ2) is 8.33. The quantitative estimate of drug-likeness (QED) is 0.807. The van der Waals surface area contributed by atoms with Crippen molar-refractivity contribution in [2.24, 2.45) is 0 Å². The van der Waals surface area contributed by atoms with Gasteiger partial charge in [-0.1, -0.05) is 30.3 Å². The Morgan fingerprint density at radius 2 is 1.65 bits per heavy atom. The monoisotopic (exact) mass is 374 g/mol. The van der Waals surface area contributed by atoms with Crippen molar-refractivity contribution in [2.45, 2.75) is 19.3 Å². The Kier molecular flexibility index (Phi) is 5.90. The third kappa shape index (κ3) is 4.83. The van der Waals surface area contributed by atoms with Gasteiger partial charge in [0.2, 0.25) is 15.9 Å². The fourth-order valence-corrected chi connectivity index (χ4v) is 4.32. The Morgan fingerprint density at radius 3 is 2.38 bits per heavy atom. The van der Waals surface area contributed by atoms with E-state index in [9.17, 15) is 13.2 Å². The summed E-state index contributed by atoms with van der Waals surface area (Å²) in [6.45, 7) is 1.11. The van der Waals surface area contributed by atoms with Gasteiger partial charge in [-0.3, -0.25) is 4.79 Å². The summed E-state index contributed by atoms with van der Waals surface area (Å²) in [5, 5.41) is 2.75. The highest BCUT2D eigenvalue weighted by atomic mass is 32.2. The molecule has 0 unspecified atom stereocenters. The molecule has 6 nitrogen and oxygen atoms in total. The molecule has 1 heterocycles. The summed E-state index contributed by atoms with van der Waals surface area (Å²) in [5.41, 5.74) is 0.514. The number of carbonyl (C=O) groups is 1. The number of anilines is 1. The number of hydrogen-bond acceptors (Lipinski definition) is 4. The van der Waals surface area contributed by atoms with Crippen molar-refractivity contribution in [3.8, 4) is 11.5 Å². The Morgan fingerprint density at radius 1 is 1.00 bits per heavy atom. The first kappa shape index (κ1) is 18.4. The number of carbonyl (C=O) groups excluding carboxylic acids is 1. The highest BCUT2D eigenvalue weighted by Gasteiger charge is 2.25. The lowest BCUT2D eigenvalue weighted by atomic mass is 10.2. The molecule has 1 fully saturated rings. The first-order chi connectivity index (χ1) is 12.5. The number of para-hydroxylation sites is 3. The molecule has 0 bridgehead atoms. The van der Waals surface area contributed by atoms with E-state index < -0.39 is 10.0 Å². The third-order valence-electron chi connectivity index (χ3n) is 4.18. The topological polar surface area (TPSA) is 75.7 Å². The van der Waals surface area contributed by atoms with Crippen molar-refractivity contribution in [3.63, 3.8) is 0 Å². The van der Waals surface area contributed by atoms with Gasteiger partial charge in [-0.25, -0.2) is 12.7 Å². The molecule has 2 aromatic rings. The average molecular weight is 374 g/mol. The van der Waals surface area contributed by atoms with Crippen LogP contribution in [-0.2, 0) is 14.8 Å². The number of benzene rings is 2. The summed E-state index contributed by atoms with van der Waals surface area (Å²) in [6, 6.07) is 16.3. The molecule has 1 aliphatic rings. The molecule has 138 valence electrons. The summed E-state index contributed by atoms with van der Waals surface area (Å²) in [4.78, 5) is 12.2. The van der Waals surface area contributed by atoms with Crippen LogP contribution < -0.4 is 10.1 Å². The van der Waals surface area contributed by atoms with E-state index in [1.807, 2.05) is 36.4 Å². The van der Waals surface area contributed by atoms with Crippen LogP contribution >= 0.6 is 0 Å². The predicted octanol–water partition coefficient (Wildman–Crippen LogP) is 3.23.